The highest BCUT2D eigenvalue weighted by molar-refractivity contribution is 6.11. The van der Waals surface area contributed by atoms with Crippen molar-refractivity contribution in [2.45, 2.75) is 6.92 Å². The summed E-state index contributed by atoms with van der Waals surface area (Å²) >= 11 is 0. The Labute approximate surface area is 168 Å². The van der Waals surface area contributed by atoms with E-state index < -0.39 is 0 Å². The third-order valence-corrected chi connectivity index (χ3v) is 4.67. The second kappa shape index (κ2) is 7.98. The Morgan fingerprint density at radius 2 is 1.59 bits per heavy atom. The normalized spacial score (nSPS) is 11.1. The molecule has 0 spiro atoms. The van der Waals surface area contributed by atoms with Gasteiger partial charge in [-0.2, -0.15) is 0 Å². The standard InChI is InChI=1S/C25H19NO3/c1-17-21-14-13-20(26-23(27)15-12-18-8-4-2-5-9-18)16-22(21)29-25(17)24(28)19-10-6-3-7-11-19/h2-16H,1H3,(H,26,27). The lowest BCUT2D eigenvalue weighted by molar-refractivity contribution is -0.111. The van der Waals surface area contributed by atoms with Crippen LogP contribution in [0.25, 0.3) is 17.0 Å². The molecule has 0 fully saturated rings. The average molecular weight is 381 g/mol. The molecule has 0 aliphatic heterocycles. The summed E-state index contributed by atoms with van der Waals surface area (Å²) in [7, 11) is 0. The first-order valence-corrected chi connectivity index (χ1v) is 9.29. The van der Waals surface area contributed by atoms with E-state index in [0.29, 0.717) is 22.6 Å². The lowest BCUT2D eigenvalue weighted by Gasteiger charge is -2.02. The molecule has 4 rings (SSSR count). The Hall–Kier alpha value is -3.92. The molecular formula is C25H19NO3. The number of furan rings is 1. The molecule has 0 bridgehead atoms. The van der Waals surface area contributed by atoms with Crippen LogP contribution in [0.1, 0.15) is 27.2 Å². The van der Waals surface area contributed by atoms with Crippen molar-refractivity contribution in [3.63, 3.8) is 0 Å². The predicted molar refractivity (Wildman–Crippen MR) is 115 cm³/mol. The molecule has 1 aromatic heterocycles. The number of amides is 1. The Morgan fingerprint density at radius 1 is 0.897 bits per heavy atom. The summed E-state index contributed by atoms with van der Waals surface area (Å²) in [4.78, 5) is 25.0. The maximum Gasteiger partial charge on any atom is 0.248 e. The highest BCUT2D eigenvalue weighted by Gasteiger charge is 2.19. The van der Waals surface area contributed by atoms with Crippen LogP contribution in [-0.2, 0) is 4.79 Å². The van der Waals surface area contributed by atoms with E-state index in [1.54, 1.807) is 30.3 Å². The number of hydrogen-bond donors (Lipinski definition) is 1. The minimum absolute atomic E-state index is 0.157. The number of carbonyl (C=O) groups is 2. The summed E-state index contributed by atoms with van der Waals surface area (Å²) in [6, 6.07) is 24.0. The van der Waals surface area contributed by atoms with E-state index in [0.717, 1.165) is 16.5 Å². The van der Waals surface area contributed by atoms with Gasteiger partial charge in [-0.05, 0) is 30.7 Å². The van der Waals surface area contributed by atoms with Gasteiger partial charge in [0.25, 0.3) is 0 Å². The second-order valence-electron chi connectivity index (χ2n) is 6.70. The van der Waals surface area contributed by atoms with Gasteiger partial charge in [-0.15, -0.1) is 0 Å². The van der Waals surface area contributed by atoms with Crippen molar-refractivity contribution in [3.8, 4) is 0 Å². The highest BCUT2D eigenvalue weighted by atomic mass is 16.3. The van der Waals surface area contributed by atoms with Crippen molar-refractivity contribution in [1.82, 2.24) is 0 Å². The van der Waals surface area contributed by atoms with Gasteiger partial charge in [0.05, 0.1) is 0 Å². The number of anilines is 1. The molecule has 0 saturated carbocycles. The zero-order valence-electron chi connectivity index (χ0n) is 15.9. The minimum Gasteiger partial charge on any atom is -0.452 e. The molecule has 1 N–H and O–H groups in total. The first-order chi connectivity index (χ1) is 14.1. The summed E-state index contributed by atoms with van der Waals surface area (Å²) in [6.07, 6.45) is 3.23. The molecule has 0 unspecified atom stereocenters. The minimum atomic E-state index is -0.239. The van der Waals surface area contributed by atoms with Crippen LogP contribution in [0.15, 0.2) is 89.4 Å². The Bertz CT molecular complexity index is 1210. The lowest BCUT2D eigenvalue weighted by Crippen LogP contribution is -2.07. The van der Waals surface area contributed by atoms with Gasteiger partial charge >= 0.3 is 0 Å². The molecular weight excluding hydrogens is 362 g/mol. The van der Waals surface area contributed by atoms with Gasteiger partial charge in [0.2, 0.25) is 11.7 Å². The van der Waals surface area contributed by atoms with Crippen LogP contribution >= 0.6 is 0 Å². The van der Waals surface area contributed by atoms with Crippen LogP contribution in [0.4, 0.5) is 5.69 Å². The molecule has 1 amide bonds. The molecule has 0 aliphatic rings. The van der Waals surface area contributed by atoms with E-state index in [1.807, 2.05) is 61.5 Å². The average Bonchev–Trinajstić information content (AvgIpc) is 3.09. The van der Waals surface area contributed by atoms with Gasteiger partial charge in [0, 0.05) is 34.3 Å². The predicted octanol–water partition coefficient (Wildman–Crippen LogP) is 5.62. The first-order valence-electron chi connectivity index (χ1n) is 9.29. The summed E-state index contributed by atoms with van der Waals surface area (Å²) < 4.78 is 5.85. The lowest BCUT2D eigenvalue weighted by atomic mass is 10.0. The fourth-order valence-electron chi connectivity index (χ4n) is 3.16. The number of hydrogen-bond acceptors (Lipinski definition) is 3. The Kier molecular flexibility index (Phi) is 5.08. The van der Waals surface area contributed by atoms with Crippen molar-refractivity contribution in [1.29, 1.82) is 0 Å². The van der Waals surface area contributed by atoms with E-state index in [9.17, 15) is 9.59 Å². The first kappa shape index (κ1) is 18.4. The van der Waals surface area contributed by atoms with E-state index in [1.165, 1.54) is 6.08 Å². The summed E-state index contributed by atoms with van der Waals surface area (Å²) in [5.74, 6) is -0.0774. The van der Waals surface area contributed by atoms with E-state index in [4.69, 9.17) is 4.42 Å². The van der Waals surface area contributed by atoms with Crippen LogP contribution in [0.2, 0.25) is 0 Å². The number of ketones is 1. The number of nitrogens with one attached hydrogen (secondary N) is 1. The third-order valence-electron chi connectivity index (χ3n) is 4.67. The molecule has 0 atom stereocenters. The number of benzene rings is 3. The van der Waals surface area contributed by atoms with Crippen LogP contribution in [-0.4, -0.2) is 11.7 Å². The van der Waals surface area contributed by atoms with Gasteiger partial charge in [-0.25, -0.2) is 0 Å². The van der Waals surface area contributed by atoms with E-state index in [2.05, 4.69) is 5.32 Å². The van der Waals surface area contributed by atoms with Crippen molar-refractivity contribution in [2.24, 2.45) is 0 Å². The van der Waals surface area contributed by atoms with Crippen LogP contribution in [0, 0.1) is 6.92 Å². The Morgan fingerprint density at radius 3 is 2.31 bits per heavy atom. The summed E-state index contributed by atoms with van der Waals surface area (Å²) in [6.45, 7) is 1.86. The molecule has 0 radical (unpaired) electrons. The van der Waals surface area contributed by atoms with Crippen LogP contribution in [0.3, 0.4) is 0 Å². The summed E-state index contributed by atoms with van der Waals surface area (Å²) in [5.41, 5.74) is 3.48. The van der Waals surface area contributed by atoms with Crippen LogP contribution in [0.5, 0.6) is 0 Å². The molecule has 1 heterocycles. The quantitative estimate of drug-likeness (QED) is 0.360. The monoisotopic (exact) mass is 381 g/mol. The van der Waals surface area contributed by atoms with Gasteiger partial charge in [0.15, 0.2) is 5.76 Å². The van der Waals surface area contributed by atoms with Gasteiger partial charge in [-0.3, -0.25) is 9.59 Å². The molecule has 0 saturated heterocycles. The molecule has 29 heavy (non-hydrogen) atoms. The fourth-order valence-corrected chi connectivity index (χ4v) is 3.16. The largest absolute Gasteiger partial charge is 0.452 e. The van der Waals surface area contributed by atoms with E-state index >= 15 is 0 Å². The fraction of sp³-hybridized carbons (Fsp3) is 0.0400. The summed E-state index contributed by atoms with van der Waals surface area (Å²) in [5, 5.41) is 3.67. The van der Waals surface area contributed by atoms with Gasteiger partial charge in [-0.1, -0.05) is 60.7 Å². The van der Waals surface area contributed by atoms with Crippen LogP contribution < -0.4 is 5.32 Å². The van der Waals surface area contributed by atoms with Crippen molar-refractivity contribution >= 4 is 34.4 Å². The topological polar surface area (TPSA) is 59.3 Å². The maximum absolute atomic E-state index is 12.7. The molecule has 4 heteroatoms. The van der Waals surface area contributed by atoms with Crippen molar-refractivity contribution in [3.05, 3.63) is 107 Å². The molecule has 4 aromatic rings. The van der Waals surface area contributed by atoms with E-state index in [-0.39, 0.29) is 11.7 Å². The van der Waals surface area contributed by atoms with Crippen molar-refractivity contribution < 1.29 is 14.0 Å². The number of carbonyl (C=O) groups excluding carboxylic acids is 2. The number of fused-ring (bicyclic) bond motifs is 1. The molecule has 4 nitrogen and oxygen atoms in total. The highest BCUT2D eigenvalue weighted by Crippen LogP contribution is 2.29. The zero-order chi connectivity index (χ0) is 20.2. The number of rotatable bonds is 5. The SMILES string of the molecule is Cc1c(C(=O)c2ccccc2)oc2cc(NC(=O)C=Cc3ccccc3)ccc12. The molecule has 0 aliphatic carbocycles. The zero-order valence-corrected chi connectivity index (χ0v) is 15.9. The smallest absolute Gasteiger partial charge is 0.248 e. The molecule has 3 aromatic carbocycles. The Balaban J connectivity index is 1.56. The second-order valence-corrected chi connectivity index (χ2v) is 6.70. The van der Waals surface area contributed by atoms with Gasteiger partial charge < -0.3 is 9.73 Å². The maximum atomic E-state index is 12.7. The van der Waals surface area contributed by atoms with Gasteiger partial charge in [0.1, 0.15) is 5.58 Å². The number of aryl methyl sites for hydroxylation is 1. The third kappa shape index (κ3) is 4.01. The molecule has 142 valence electrons. The van der Waals surface area contributed by atoms with Crippen molar-refractivity contribution in [2.75, 3.05) is 5.32 Å².